The molecule has 96 valence electrons. The van der Waals surface area contributed by atoms with E-state index >= 15 is 0 Å². The van der Waals surface area contributed by atoms with Gasteiger partial charge in [-0.05, 0) is 18.2 Å². The average Bonchev–Trinajstić information content (AvgIpc) is 3.10. The van der Waals surface area contributed by atoms with Crippen molar-refractivity contribution in [2.75, 3.05) is 0 Å². The third-order valence-corrected chi connectivity index (χ3v) is 3.57. The van der Waals surface area contributed by atoms with E-state index in [4.69, 9.17) is 0 Å². The predicted molar refractivity (Wildman–Crippen MR) is 78.8 cm³/mol. The topological polar surface area (TPSA) is 61.5 Å². The third kappa shape index (κ3) is 1.48. The van der Waals surface area contributed by atoms with Gasteiger partial charge in [0, 0.05) is 45.5 Å². The SMILES string of the molecule is O=Cc1ccnc2[nH]c(-c3c[nH]c4ccccc34)cc12. The van der Waals surface area contributed by atoms with Gasteiger partial charge in [-0.25, -0.2) is 4.98 Å². The minimum absolute atomic E-state index is 0.650. The van der Waals surface area contributed by atoms with E-state index < -0.39 is 0 Å². The van der Waals surface area contributed by atoms with Crippen molar-refractivity contribution in [1.82, 2.24) is 15.0 Å². The molecule has 0 aliphatic rings. The van der Waals surface area contributed by atoms with E-state index in [9.17, 15) is 4.79 Å². The average molecular weight is 261 g/mol. The molecule has 0 bridgehead atoms. The van der Waals surface area contributed by atoms with Crippen LogP contribution in [0.3, 0.4) is 0 Å². The molecule has 0 radical (unpaired) electrons. The zero-order valence-corrected chi connectivity index (χ0v) is 10.6. The molecule has 20 heavy (non-hydrogen) atoms. The molecule has 0 saturated heterocycles. The van der Waals surface area contributed by atoms with E-state index in [1.54, 1.807) is 12.3 Å². The minimum Gasteiger partial charge on any atom is -0.360 e. The van der Waals surface area contributed by atoms with Crippen LogP contribution >= 0.6 is 0 Å². The van der Waals surface area contributed by atoms with Crippen molar-refractivity contribution in [2.45, 2.75) is 0 Å². The molecule has 0 unspecified atom stereocenters. The normalized spacial score (nSPS) is 11.2. The van der Waals surface area contributed by atoms with E-state index in [0.717, 1.165) is 39.5 Å². The van der Waals surface area contributed by atoms with Gasteiger partial charge in [-0.2, -0.15) is 0 Å². The summed E-state index contributed by atoms with van der Waals surface area (Å²) in [6, 6.07) is 11.8. The van der Waals surface area contributed by atoms with Gasteiger partial charge in [0.25, 0.3) is 0 Å². The molecule has 0 aliphatic heterocycles. The Labute approximate surface area is 114 Å². The van der Waals surface area contributed by atoms with Gasteiger partial charge in [0.05, 0.1) is 0 Å². The number of nitrogens with zero attached hydrogens (tertiary/aromatic N) is 1. The van der Waals surface area contributed by atoms with Crippen LogP contribution in [0.1, 0.15) is 10.4 Å². The highest BCUT2D eigenvalue weighted by Crippen LogP contribution is 2.30. The fourth-order valence-corrected chi connectivity index (χ4v) is 2.59. The summed E-state index contributed by atoms with van der Waals surface area (Å²) in [5.74, 6) is 0. The number of H-pyrrole nitrogens is 2. The van der Waals surface area contributed by atoms with E-state index in [2.05, 4.69) is 21.0 Å². The number of para-hydroxylation sites is 1. The van der Waals surface area contributed by atoms with Crippen LogP contribution in [-0.2, 0) is 0 Å². The maximum atomic E-state index is 11.1. The fourth-order valence-electron chi connectivity index (χ4n) is 2.59. The molecule has 3 aromatic heterocycles. The number of aldehydes is 1. The van der Waals surface area contributed by atoms with Crippen LogP contribution in [-0.4, -0.2) is 21.2 Å². The summed E-state index contributed by atoms with van der Waals surface area (Å²) in [5.41, 5.74) is 4.51. The summed E-state index contributed by atoms with van der Waals surface area (Å²) in [4.78, 5) is 21.9. The number of carbonyl (C=O) groups is 1. The monoisotopic (exact) mass is 261 g/mol. The third-order valence-electron chi connectivity index (χ3n) is 3.57. The highest BCUT2D eigenvalue weighted by molar-refractivity contribution is 6.01. The lowest BCUT2D eigenvalue weighted by Gasteiger charge is -1.94. The molecule has 4 nitrogen and oxygen atoms in total. The number of nitrogens with one attached hydrogen (secondary N) is 2. The standard InChI is InChI=1S/C16H11N3O/c20-9-10-5-6-17-16-12(10)7-15(19-16)13-8-18-14-4-2-1-3-11(13)14/h1-9,18H,(H,17,19). The Morgan fingerprint density at radius 1 is 1.10 bits per heavy atom. The zero-order valence-electron chi connectivity index (χ0n) is 10.6. The number of fused-ring (bicyclic) bond motifs is 2. The highest BCUT2D eigenvalue weighted by atomic mass is 16.1. The second-order valence-corrected chi connectivity index (χ2v) is 4.71. The van der Waals surface area contributed by atoms with Gasteiger partial charge in [-0.3, -0.25) is 4.79 Å². The number of hydrogen-bond donors (Lipinski definition) is 2. The fraction of sp³-hybridized carbons (Fsp3) is 0. The second kappa shape index (κ2) is 4.06. The van der Waals surface area contributed by atoms with Crippen LogP contribution in [0.4, 0.5) is 0 Å². The minimum atomic E-state index is 0.650. The summed E-state index contributed by atoms with van der Waals surface area (Å²) >= 11 is 0. The van der Waals surface area contributed by atoms with Gasteiger partial charge in [0.2, 0.25) is 0 Å². The van der Waals surface area contributed by atoms with Crippen LogP contribution < -0.4 is 0 Å². The Hall–Kier alpha value is -2.88. The van der Waals surface area contributed by atoms with Crippen molar-refractivity contribution in [1.29, 1.82) is 0 Å². The molecule has 0 amide bonds. The van der Waals surface area contributed by atoms with Crippen LogP contribution in [0.25, 0.3) is 33.2 Å². The molecule has 3 heterocycles. The largest absolute Gasteiger partial charge is 0.360 e. The van der Waals surface area contributed by atoms with Crippen LogP contribution in [0.2, 0.25) is 0 Å². The first-order chi connectivity index (χ1) is 9.86. The smallest absolute Gasteiger partial charge is 0.150 e. The molecule has 0 atom stereocenters. The second-order valence-electron chi connectivity index (χ2n) is 4.71. The maximum absolute atomic E-state index is 11.1. The molecule has 0 aliphatic carbocycles. The first-order valence-corrected chi connectivity index (χ1v) is 6.36. The Kier molecular flexibility index (Phi) is 2.23. The highest BCUT2D eigenvalue weighted by Gasteiger charge is 2.10. The van der Waals surface area contributed by atoms with Gasteiger partial charge in [-0.15, -0.1) is 0 Å². The molecule has 0 spiro atoms. The summed E-state index contributed by atoms with van der Waals surface area (Å²) in [5, 5.41) is 1.99. The molecule has 0 fully saturated rings. The lowest BCUT2D eigenvalue weighted by atomic mass is 10.1. The number of carbonyl (C=O) groups excluding carboxylic acids is 1. The zero-order chi connectivity index (χ0) is 13.5. The molecule has 4 rings (SSSR count). The van der Waals surface area contributed by atoms with Crippen LogP contribution in [0.15, 0.2) is 48.8 Å². The molecular weight excluding hydrogens is 250 g/mol. The van der Waals surface area contributed by atoms with Crippen molar-refractivity contribution in [3.05, 3.63) is 54.4 Å². The first-order valence-electron chi connectivity index (χ1n) is 6.36. The van der Waals surface area contributed by atoms with Gasteiger partial charge in [-0.1, -0.05) is 18.2 Å². The van der Waals surface area contributed by atoms with Crippen molar-refractivity contribution in [3.8, 4) is 11.3 Å². The number of benzene rings is 1. The van der Waals surface area contributed by atoms with Gasteiger partial charge in [0.15, 0.2) is 6.29 Å². The lowest BCUT2D eigenvalue weighted by molar-refractivity contribution is 0.112. The van der Waals surface area contributed by atoms with Gasteiger partial charge < -0.3 is 9.97 Å². The quantitative estimate of drug-likeness (QED) is 0.542. The maximum Gasteiger partial charge on any atom is 0.150 e. The van der Waals surface area contributed by atoms with Crippen molar-refractivity contribution in [2.24, 2.45) is 0 Å². The lowest BCUT2D eigenvalue weighted by Crippen LogP contribution is -1.82. The van der Waals surface area contributed by atoms with Crippen molar-refractivity contribution >= 4 is 28.2 Å². The van der Waals surface area contributed by atoms with E-state index in [1.165, 1.54) is 0 Å². The number of aromatic amines is 2. The molecule has 4 aromatic rings. The van der Waals surface area contributed by atoms with Crippen molar-refractivity contribution < 1.29 is 4.79 Å². The molecular formula is C16H11N3O. The van der Waals surface area contributed by atoms with E-state index in [1.807, 2.05) is 30.5 Å². The van der Waals surface area contributed by atoms with Crippen molar-refractivity contribution in [3.63, 3.8) is 0 Å². The summed E-state index contributed by atoms with van der Waals surface area (Å²) in [6.45, 7) is 0. The molecule has 2 N–H and O–H groups in total. The Morgan fingerprint density at radius 2 is 2.00 bits per heavy atom. The summed E-state index contributed by atoms with van der Waals surface area (Å²) < 4.78 is 0. The Bertz CT molecular complexity index is 933. The number of hydrogen-bond acceptors (Lipinski definition) is 2. The van der Waals surface area contributed by atoms with Gasteiger partial charge >= 0.3 is 0 Å². The van der Waals surface area contributed by atoms with E-state index in [-0.39, 0.29) is 0 Å². The molecule has 1 aromatic carbocycles. The Morgan fingerprint density at radius 3 is 2.90 bits per heavy atom. The summed E-state index contributed by atoms with van der Waals surface area (Å²) in [6.07, 6.45) is 4.47. The van der Waals surface area contributed by atoms with Gasteiger partial charge in [0.1, 0.15) is 5.65 Å². The number of rotatable bonds is 2. The van der Waals surface area contributed by atoms with Crippen LogP contribution in [0.5, 0.6) is 0 Å². The number of pyridine rings is 1. The van der Waals surface area contributed by atoms with E-state index in [0.29, 0.717) is 5.56 Å². The van der Waals surface area contributed by atoms with Crippen LogP contribution in [0, 0.1) is 0 Å². The molecule has 4 heteroatoms. The first kappa shape index (κ1) is 11.0. The molecule has 0 saturated carbocycles. The summed E-state index contributed by atoms with van der Waals surface area (Å²) in [7, 11) is 0. The number of aromatic nitrogens is 3. The predicted octanol–water partition coefficient (Wildman–Crippen LogP) is 3.52. The Balaban J connectivity index is 2.01.